The van der Waals surface area contributed by atoms with Crippen LogP contribution in [0, 0.1) is 6.92 Å². The molecule has 3 heterocycles. The molecule has 0 bridgehead atoms. The van der Waals surface area contributed by atoms with Crippen molar-refractivity contribution in [1.29, 1.82) is 0 Å². The van der Waals surface area contributed by atoms with E-state index in [2.05, 4.69) is 25.8 Å². The van der Waals surface area contributed by atoms with E-state index in [-0.39, 0.29) is 18.1 Å². The molecule has 0 aromatic carbocycles. The molecular formula is C19H27N7O4S. The highest BCUT2D eigenvalue weighted by Gasteiger charge is 2.29. The lowest BCUT2D eigenvalue weighted by molar-refractivity contribution is -0.116. The second-order valence-electron chi connectivity index (χ2n) is 7.07. The summed E-state index contributed by atoms with van der Waals surface area (Å²) in [6.45, 7) is 3.95. The Morgan fingerprint density at radius 1 is 1.23 bits per heavy atom. The molecule has 12 heteroatoms. The average Bonchev–Trinajstić information content (AvgIpc) is 3.24. The molecule has 2 N–H and O–H groups in total. The zero-order valence-corrected chi connectivity index (χ0v) is 18.4. The Hall–Kier alpha value is -2.99. The van der Waals surface area contributed by atoms with Crippen molar-refractivity contribution in [2.45, 2.75) is 19.1 Å². The number of hydrogen-bond acceptors (Lipinski definition) is 7. The lowest BCUT2D eigenvalue weighted by Crippen LogP contribution is -2.54. The van der Waals surface area contributed by atoms with Crippen molar-refractivity contribution in [1.82, 2.24) is 24.7 Å². The second-order valence-corrected chi connectivity index (χ2v) is 9.04. The number of hydrogen-bond donors (Lipinski definition) is 2. The lowest BCUT2D eigenvalue weighted by atomic mass is 10.3. The number of carbonyl (C=O) groups is 1. The first-order valence-corrected chi connectivity index (χ1v) is 11.5. The van der Waals surface area contributed by atoms with Crippen molar-refractivity contribution >= 4 is 27.7 Å². The summed E-state index contributed by atoms with van der Waals surface area (Å²) >= 11 is 0. The molecule has 0 atom stereocenters. The van der Waals surface area contributed by atoms with E-state index in [1.54, 1.807) is 19.2 Å². The van der Waals surface area contributed by atoms with Crippen molar-refractivity contribution in [3.8, 4) is 0 Å². The standard InChI is InChI=1S/C19H27N7O4S/c1-15-4-3-5-17(22-15)23-18(27)6-8-21-19(20-2)25-9-11-26(12-10-25)31(28,29)14-16-7-13-30-24-16/h3-5,7,13H,6,8-12,14H2,1-2H3,(H,20,21)(H,22,23,27). The van der Waals surface area contributed by atoms with Gasteiger partial charge in [0.15, 0.2) is 5.96 Å². The third kappa shape index (κ3) is 6.49. The lowest BCUT2D eigenvalue weighted by Gasteiger charge is -2.35. The van der Waals surface area contributed by atoms with Crippen molar-refractivity contribution in [3.63, 3.8) is 0 Å². The highest BCUT2D eigenvalue weighted by molar-refractivity contribution is 7.88. The Morgan fingerprint density at radius 2 is 2.00 bits per heavy atom. The molecule has 0 unspecified atom stereocenters. The highest BCUT2D eigenvalue weighted by atomic mass is 32.2. The predicted octanol–water partition coefficient (Wildman–Crippen LogP) is 0.430. The van der Waals surface area contributed by atoms with Crippen LogP contribution in [0.15, 0.2) is 40.0 Å². The minimum atomic E-state index is -3.46. The van der Waals surface area contributed by atoms with Gasteiger partial charge < -0.3 is 20.1 Å². The number of aromatic nitrogens is 2. The minimum absolute atomic E-state index is 0.148. The maximum atomic E-state index is 12.5. The van der Waals surface area contributed by atoms with Crippen LogP contribution in [0.5, 0.6) is 0 Å². The van der Waals surface area contributed by atoms with E-state index < -0.39 is 10.0 Å². The van der Waals surface area contributed by atoms with Gasteiger partial charge in [0.25, 0.3) is 0 Å². The number of amides is 1. The average molecular weight is 450 g/mol. The summed E-state index contributed by atoms with van der Waals surface area (Å²) in [5, 5.41) is 9.60. The first kappa shape index (κ1) is 22.7. The molecule has 0 spiro atoms. The molecule has 0 aliphatic carbocycles. The van der Waals surface area contributed by atoms with Gasteiger partial charge in [0.05, 0.1) is 5.69 Å². The van der Waals surface area contributed by atoms with Gasteiger partial charge in [0.1, 0.15) is 17.8 Å². The van der Waals surface area contributed by atoms with E-state index in [9.17, 15) is 13.2 Å². The zero-order valence-electron chi connectivity index (χ0n) is 17.6. The largest absolute Gasteiger partial charge is 0.364 e. The van der Waals surface area contributed by atoms with Crippen molar-refractivity contribution in [3.05, 3.63) is 41.9 Å². The van der Waals surface area contributed by atoms with Crippen LogP contribution in [0.2, 0.25) is 0 Å². The molecule has 1 amide bonds. The molecule has 3 rings (SSSR count). The van der Waals surface area contributed by atoms with Crippen LogP contribution in [0.25, 0.3) is 0 Å². The molecule has 2 aromatic heterocycles. The molecule has 1 aliphatic rings. The molecule has 11 nitrogen and oxygen atoms in total. The maximum absolute atomic E-state index is 12.5. The summed E-state index contributed by atoms with van der Waals surface area (Å²) < 4.78 is 31.3. The normalized spacial score (nSPS) is 15.7. The topological polar surface area (TPSA) is 133 Å². The summed E-state index contributed by atoms with van der Waals surface area (Å²) in [4.78, 5) is 22.6. The molecule has 168 valence electrons. The summed E-state index contributed by atoms with van der Waals surface area (Å²) in [6, 6.07) is 6.99. The summed E-state index contributed by atoms with van der Waals surface area (Å²) in [5.74, 6) is 0.832. The van der Waals surface area contributed by atoms with Gasteiger partial charge in [-0.1, -0.05) is 11.2 Å². The number of nitrogens with one attached hydrogen (secondary N) is 2. The summed E-state index contributed by atoms with van der Waals surface area (Å²) in [6.07, 6.45) is 1.61. The van der Waals surface area contributed by atoms with E-state index in [0.717, 1.165) is 5.69 Å². The smallest absolute Gasteiger partial charge is 0.227 e. The number of sulfonamides is 1. The Labute approximate surface area is 181 Å². The van der Waals surface area contributed by atoms with E-state index in [0.29, 0.717) is 50.2 Å². The number of guanidine groups is 1. The molecule has 2 aromatic rings. The van der Waals surface area contributed by atoms with Crippen LogP contribution in [-0.4, -0.2) is 79.4 Å². The fraction of sp³-hybridized carbons (Fsp3) is 0.474. The third-order valence-corrected chi connectivity index (χ3v) is 6.57. The number of anilines is 1. The molecule has 1 saturated heterocycles. The predicted molar refractivity (Wildman–Crippen MR) is 116 cm³/mol. The molecule has 31 heavy (non-hydrogen) atoms. The first-order valence-electron chi connectivity index (χ1n) is 9.93. The maximum Gasteiger partial charge on any atom is 0.227 e. The monoisotopic (exact) mass is 449 g/mol. The van der Waals surface area contributed by atoms with E-state index in [4.69, 9.17) is 4.52 Å². The number of pyridine rings is 1. The zero-order chi connectivity index (χ0) is 22.3. The molecule has 0 saturated carbocycles. The van der Waals surface area contributed by atoms with Gasteiger partial charge >= 0.3 is 0 Å². The Morgan fingerprint density at radius 3 is 2.65 bits per heavy atom. The molecule has 1 aliphatic heterocycles. The first-order chi connectivity index (χ1) is 14.9. The van der Waals surface area contributed by atoms with Crippen LogP contribution in [0.3, 0.4) is 0 Å². The molecule has 0 radical (unpaired) electrons. The quantitative estimate of drug-likeness (QED) is 0.459. The van der Waals surface area contributed by atoms with E-state index in [1.807, 2.05) is 24.0 Å². The number of aryl methyl sites for hydroxylation is 1. The van der Waals surface area contributed by atoms with Crippen molar-refractivity contribution < 1.29 is 17.7 Å². The number of nitrogens with zero attached hydrogens (tertiary/aromatic N) is 5. The van der Waals surface area contributed by atoms with E-state index >= 15 is 0 Å². The van der Waals surface area contributed by atoms with E-state index in [1.165, 1.54) is 10.6 Å². The number of aliphatic imine (C=N–C) groups is 1. The second kappa shape index (κ2) is 10.4. The highest BCUT2D eigenvalue weighted by Crippen LogP contribution is 2.13. The summed E-state index contributed by atoms with van der Waals surface area (Å²) in [7, 11) is -1.80. The third-order valence-electron chi connectivity index (χ3n) is 4.76. The van der Waals surface area contributed by atoms with Crippen LogP contribution in [0.1, 0.15) is 17.8 Å². The van der Waals surface area contributed by atoms with Crippen molar-refractivity contribution in [2.75, 3.05) is 45.1 Å². The van der Waals surface area contributed by atoms with Gasteiger partial charge in [0.2, 0.25) is 15.9 Å². The van der Waals surface area contributed by atoms with Gasteiger partial charge in [-0.05, 0) is 19.1 Å². The number of rotatable bonds is 7. The fourth-order valence-corrected chi connectivity index (χ4v) is 4.63. The Kier molecular flexibility index (Phi) is 7.58. The Bertz CT molecular complexity index is 1000. The summed E-state index contributed by atoms with van der Waals surface area (Å²) in [5.41, 5.74) is 1.22. The van der Waals surface area contributed by atoms with Crippen LogP contribution in [-0.2, 0) is 20.6 Å². The van der Waals surface area contributed by atoms with Crippen LogP contribution < -0.4 is 10.6 Å². The van der Waals surface area contributed by atoms with Crippen LogP contribution >= 0.6 is 0 Å². The SMILES string of the molecule is CN=C(NCCC(=O)Nc1cccc(C)n1)N1CCN(S(=O)(=O)Cc2ccon2)CC1. The van der Waals surface area contributed by atoms with Gasteiger partial charge in [-0.2, -0.15) is 4.31 Å². The van der Waals surface area contributed by atoms with Gasteiger partial charge in [-0.3, -0.25) is 9.79 Å². The van der Waals surface area contributed by atoms with Crippen LogP contribution in [0.4, 0.5) is 5.82 Å². The number of piperazine rings is 1. The van der Waals surface area contributed by atoms with Crippen molar-refractivity contribution in [2.24, 2.45) is 4.99 Å². The van der Waals surface area contributed by atoms with Gasteiger partial charge in [0, 0.05) is 58.0 Å². The van der Waals surface area contributed by atoms with Gasteiger partial charge in [-0.15, -0.1) is 0 Å². The Balaban J connectivity index is 1.43. The minimum Gasteiger partial charge on any atom is -0.364 e. The fourth-order valence-electron chi connectivity index (χ4n) is 3.21. The van der Waals surface area contributed by atoms with Gasteiger partial charge in [-0.25, -0.2) is 13.4 Å². The number of carbonyl (C=O) groups excluding carboxylic acids is 1. The molecular weight excluding hydrogens is 422 g/mol. The molecule has 1 fully saturated rings.